The number of ether oxygens (including phenoxy) is 2. The maximum Gasteiger partial charge on any atom is 0.252 e. The van der Waals surface area contributed by atoms with Gasteiger partial charge in [-0.2, -0.15) is 0 Å². The molecule has 120 valence electrons. The van der Waals surface area contributed by atoms with Crippen LogP contribution in [0.3, 0.4) is 0 Å². The third kappa shape index (κ3) is 3.12. The zero-order valence-electron chi connectivity index (χ0n) is 11.9. The lowest BCUT2D eigenvalue weighted by Gasteiger charge is -2.23. The molecule has 6 nitrogen and oxygen atoms in total. The Bertz CT molecular complexity index is 600. The van der Waals surface area contributed by atoms with E-state index < -0.39 is 12.2 Å². The lowest BCUT2D eigenvalue weighted by Crippen LogP contribution is -2.22. The van der Waals surface area contributed by atoms with E-state index in [1.807, 2.05) is 0 Å². The van der Waals surface area contributed by atoms with Crippen molar-refractivity contribution in [2.24, 2.45) is 11.7 Å². The minimum atomic E-state index is -0.558. The molecule has 2 aliphatic rings. The number of fused-ring (bicyclic) bond motifs is 1. The van der Waals surface area contributed by atoms with Crippen molar-refractivity contribution in [2.75, 3.05) is 24.4 Å². The van der Waals surface area contributed by atoms with E-state index in [0.29, 0.717) is 36.1 Å². The number of amides is 2. The van der Waals surface area contributed by atoms with Crippen LogP contribution in [-0.2, 0) is 20.7 Å². The van der Waals surface area contributed by atoms with Crippen LogP contribution in [0.15, 0.2) is 0 Å². The number of nitrogens with two attached hydrogens (primary N) is 1. The van der Waals surface area contributed by atoms with Gasteiger partial charge in [-0.25, -0.2) is 0 Å². The van der Waals surface area contributed by atoms with Crippen LogP contribution in [-0.4, -0.2) is 30.9 Å². The van der Waals surface area contributed by atoms with Gasteiger partial charge in [0.05, 0.1) is 23.7 Å². The van der Waals surface area contributed by atoms with Crippen LogP contribution in [0.2, 0.25) is 0 Å². The molecule has 1 aromatic heterocycles. The number of nitrogens with one attached hydrogen (secondary N) is 1. The number of halogens is 1. The highest BCUT2D eigenvalue weighted by Gasteiger charge is 2.34. The van der Waals surface area contributed by atoms with Gasteiger partial charge in [0.1, 0.15) is 5.00 Å². The fourth-order valence-corrected chi connectivity index (χ4v) is 3.79. The summed E-state index contributed by atoms with van der Waals surface area (Å²) in [5.41, 5.74) is 6.71. The molecule has 1 fully saturated rings. The first-order chi connectivity index (χ1) is 10.6. The minimum Gasteiger partial charge on any atom is -0.365 e. The van der Waals surface area contributed by atoms with Gasteiger partial charge < -0.3 is 20.5 Å². The molecule has 0 radical (unpaired) electrons. The molecule has 3 rings (SSSR count). The first kappa shape index (κ1) is 15.7. The number of primary amides is 1. The zero-order valence-corrected chi connectivity index (χ0v) is 13.5. The SMILES string of the molecule is NC(=O)c1c(NC(=O)C2CC2)sc2c1CCOC2OCCCl. The van der Waals surface area contributed by atoms with E-state index in [2.05, 4.69) is 5.32 Å². The number of anilines is 1. The van der Waals surface area contributed by atoms with Crippen molar-refractivity contribution in [3.8, 4) is 0 Å². The van der Waals surface area contributed by atoms with Gasteiger partial charge in [0.25, 0.3) is 5.91 Å². The maximum absolute atomic E-state index is 12.0. The molecule has 1 unspecified atom stereocenters. The predicted octanol–water partition coefficient (Wildman–Crippen LogP) is 2.02. The second kappa shape index (κ2) is 6.54. The van der Waals surface area contributed by atoms with E-state index in [-0.39, 0.29) is 11.8 Å². The lowest BCUT2D eigenvalue weighted by molar-refractivity contribution is -0.147. The van der Waals surface area contributed by atoms with Crippen molar-refractivity contribution in [3.63, 3.8) is 0 Å². The Morgan fingerprint density at radius 2 is 2.23 bits per heavy atom. The molecule has 2 amide bonds. The van der Waals surface area contributed by atoms with Gasteiger partial charge in [-0.1, -0.05) is 0 Å². The summed E-state index contributed by atoms with van der Waals surface area (Å²) in [6.07, 6.45) is 1.81. The molecule has 0 saturated heterocycles. The molecule has 0 aromatic carbocycles. The summed E-state index contributed by atoms with van der Waals surface area (Å²) in [6, 6.07) is 0. The van der Waals surface area contributed by atoms with Crippen LogP contribution >= 0.6 is 22.9 Å². The molecule has 1 aliphatic carbocycles. The van der Waals surface area contributed by atoms with Crippen molar-refractivity contribution < 1.29 is 19.1 Å². The third-order valence-corrected chi connectivity index (χ3v) is 4.97. The first-order valence-electron chi connectivity index (χ1n) is 7.17. The monoisotopic (exact) mass is 344 g/mol. The van der Waals surface area contributed by atoms with E-state index in [1.165, 1.54) is 11.3 Å². The highest BCUT2D eigenvalue weighted by atomic mass is 35.5. The topological polar surface area (TPSA) is 90.7 Å². The third-order valence-electron chi connectivity index (χ3n) is 3.65. The van der Waals surface area contributed by atoms with Crippen LogP contribution < -0.4 is 11.1 Å². The highest BCUT2D eigenvalue weighted by molar-refractivity contribution is 7.17. The smallest absolute Gasteiger partial charge is 0.252 e. The van der Waals surface area contributed by atoms with E-state index in [9.17, 15) is 9.59 Å². The maximum atomic E-state index is 12.0. The Morgan fingerprint density at radius 1 is 1.45 bits per heavy atom. The molecule has 1 aliphatic heterocycles. The summed E-state index contributed by atoms with van der Waals surface area (Å²) in [5.74, 6) is -0.185. The molecule has 1 aromatic rings. The van der Waals surface area contributed by atoms with Gasteiger partial charge in [-0.15, -0.1) is 22.9 Å². The quantitative estimate of drug-likeness (QED) is 0.772. The van der Waals surface area contributed by atoms with Crippen molar-refractivity contribution in [2.45, 2.75) is 25.6 Å². The standard InChI is InChI=1S/C14H17ClN2O4S/c15-4-6-21-14-10-8(3-5-20-14)9(11(16)18)13(22-10)17-12(19)7-1-2-7/h7,14H,1-6H2,(H2,16,18)(H,17,19). The summed E-state index contributed by atoms with van der Waals surface area (Å²) in [6.45, 7) is 0.784. The Balaban J connectivity index is 1.90. The summed E-state index contributed by atoms with van der Waals surface area (Å²) in [4.78, 5) is 24.6. The molecule has 8 heteroatoms. The van der Waals surface area contributed by atoms with Gasteiger partial charge in [0.15, 0.2) is 6.29 Å². The van der Waals surface area contributed by atoms with Crippen LogP contribution in [0, 0.1) is 5.92 Å². The van der Waals surface area contributed by atoms with E-state index in [0.717, 1.165) is 23.3 Å². The average molecular weight is 345 g/mol. The lowest BCUT2D eigenvalue weighted by atomic mass is 10.0. The van der Waals surface area contributed by atoms with Gasteiger partial charge >= 0.3 is 0 Å². The Labute approximate surface area is 136 Å². The Kier molecular flexibility index (Phi) is 4.67. The number of carbonyl (C=O) groups excluding carboxylic acids is 2. The second-order valence-corrected chi connectivity index (χ2v) is 6.72. The van der Waals surface area contributed by atoms with Crippen LogP contribution in [0.5, 0.6) is 0 Å². The molecule has 2 heterocycles. The van der Waals surface area contributed by atoms with E-state index in [1.54, 1.807) is 0 Å². The van der Waals surface area contributed by atoms with Crippen molar-refractivity contribution in [3.05, 3.63) is 16.0 Å². The summed E-state index contributed by atoms with van der Waals surface area (Å²) in [7, 11) is 0. The normalized spacial score (nSPS) is 20.5. The van der Waals surface area contributed by atoms with Gasteiger partial charge in [0, 0.05) is 11.8 Å². The molecule has 0 spiro atoms. The van der Waals surface area contributed by atoms with Crippen molar-refractivity contribution in [1.82, 2.24) is 0 Å². The van der Waals surface area contributed by atoms with E-state index in [4.69, 9.17) is 26.8 Å². The molecular weight excluding hydrogens is 328 g/mol. The van der Waals surface area contributed by atoms with Crippen LogP contribution in [0.1, 0.15) is 39.9 Å². The first-order valence-corrected chi connectivity index (χ1v) is 8.52. The van der Waals surface area contributed by atoms with Gasteiger partial charge in [-0.3, -0.25) is 9.59 Å². The minimum absolute atomic E-state index is 0.0550. The largest absolute Gasteiger partial charge is 0.365 e. The average Bonchev–Trinajstić information content (AvgIpc) is 3.26. The van der Waals surface area contributed by atoms with Gasteiger partial charge in [-0.05, 0) is 24.8 Å². The molecule has 1 saturated carbocycles. The predicted molar refractivity (Wildman–Crippen MR) is 83.3 cm³/mol. The fraction of sp³-hybridized carbons (Fsp3) is 0.571. The molecule has 1 atom stereocenters. The highest BCUT2D eigenvalue weighted by Crippen LogP contribution is 2.42. The molecule has 0 bridgehead atoms. The van der Waals surface area contributed by atoms with Crippen molar-refractivity contribution in [1.29, 1.82) is 0 Å². The second-order valence-electron chi connectivity index (χ2n) is 5.29. The van der Waals surface area contributed by atoms with Gasteiger partial charge in [0.2, 0.25) is 5.91 Å². The fourth-order valence-electron chi connectivity index (χ4n) is 2.45. The van der Waals surface area contributed by atoms with Crippen molar-refractivity contribution >= 4 is 39.8 Å². The number of carbonyl (C=O) groups is 2. The van der Waals surface area contributed by atoms with E-state index >= 15 is 0 Å². The van der Waals surface area contributed by atoms with Crippen LogP contribution in [0.25, 0.3) is 0 Å². The molecule has 22 heavy (non-hydrogen) atoms. The summed E-state index contributed by atoms with van der Waals surface area (Å²) in [5, 5.41) is 3.33. The Hall–Kier alpha value is -1.15. The number of thiophene rings is 1. The number of alkyl halides is 1. The number of hydrogen-bond acceptors (Lipinski definition) is 5. The number of rotatable bonds is 6. The molecular formula is C14H17ClN2O4S. The Morgan fingerprint density at radius 3 is 2.86 bits per heavy atom. The van der Waals surface area contributed by atoms with Crippen LogP contribution in [0.4, 0.5) is 5.00 Å². The summed E-state index contributed by atoms with van der Waals surface area (Å²) < 4.78 is 11.1. The number of hydrogen-bond donors (Lipinski definition) is 2. The zero-order chi connectivity index (χ0) is 15.7. The summed E-state index contributed by atoms with van der Waals surface area (Å²) >= 11 is 6.93. The molecule has 3 N–H and O–H groups in total.